The fourth-order valence-corrected chi connectivity index (χ4v) is 2.06. The van der Waals surface area contributed by atoms with E-state index in [2.05, 4.69) is 4.98 Å². The summed E-state index contributed by atoms with van der Waals surface area (Å²) >= 11 is 0. The molecule has 0 aliphatic heterocycles. The molecule has 1 aliphatic rings. The number of halogens is 1. The van der Waals surface area contributed by atoms with Crippen LogP contribution in [0.4, 0.5) is 4.39 Å². The van der Waals surface area contributed by atoms with Gasteiger partial charge < -0.3 is 0 Å². The molecule has 2 rings (SSSR count). The van der Waals surface area contributed by atoms with E-state index in [0.29, 0.717) is 5.92 Å². The van der Waals surface area contributed by atoms with Gasteiger partial charge in [-0.15, -0.1) is 0 Å². The van der Waals surface area contributed by atoms with Crippen LogP contribution >= 0.6 is 0 Å². The Kier molecular flexibility index (Phi) is 2.57. The van der Waals surface area contributed by atoms with Crippen LogP contribution in [0.1, 0.15) is 43.6 Å². The summed E-state index contributed by atoms with van der Waals surface area (Å²) in [5.74, 6) is 0.251. The molecule has 1 saturated carbocycles. The molecule has 1 nitrogen and oxygen atoms in total. The summed E-state index contributed by atoms with van der Waals surface area (Å²) in [5.41, 5.74) is 1.21. The van der Waals surface area contributed by atoms with Crippen LogP contribution in [0.25, 0.3) is 0 Å². The topological polar surface area (TPSA) is 12.9 Å². The number of hydrogen-bond donors (Lipinski definition) is 0. The summed E-state index contributed by atoms with van der Waals surface area (Å²) in [7, 11) is 0. The fraction of sp³-hybridized carbons (Fsp3) is 0.545. The Bertz CT molecular complexity index is 262. The summed E-state index contributed by atoms with van der Waals surface area (Å²) < 4.78 is 12.5. The average molecular weight is 179 g/mol. The van der Waals surface area contributed by atoms with Gasteiger partial charge >= 0.3 is 0 Å². The van der Waals surface area contributed by atoms with Gasteiger partial charge in [-0.3, -0.25) is 0 Å². The van der Waals surface area contributed by atoms with E-state index < -0.39 is 0 Å². The molecule has 70 valence electrons. The van der Waals surface area contributed by atoms with E-state index in [4.69, 9.17) is 0 Å². The van der Waals surface area contributed by atoms with Crippen LogP contribution in [0.2, 0.25) is 0 Å². The predicted molar refractivity (Wildman–Crippen MR) is 50.0 cm³/mol. The Morgan fingerprint density at radius 1 is 1.15 bits per heavy atom. The van der Waals surface area contributed by atoms with Gasteiger partial charge in [0.25, 0.3) is 0 Å². The van der Waals surface area contributed by atoms with Crippen molar-refractivity contribution in [2.24, 2.45) is 0 Å². The largest absolute Gasteiger partial charge is 0.228 e. The average Bonchev–Trinajstić information content (AvgIpc) is 2.20. The zero-order valence-electron chi connectivity index (χ0n) is 7.67. The molecule has 1 fully saturated rings. The minimum Gasteiger partial charge on any atom is -0.228 e. The first-order valence-electron chi connectivity index (χ1n) is 4.98. The van der Waals surface area contributed by atoms with Gasteiger partial charge in [0, 0.05) is 6.20 Å². The van der Waals surface area contributed by atoms with Crippen LogP contribution in [0.5, 0.6) is 0 Å². The van der Waals surface area contributed by atoms with E-state index in [1.807, 2.05) is 6.07 Å². The first kappa shape index (κ1) is 8.67. The third-order valence-electron chi connectivity index (χ3n) is 2.83. The van der Waals surface area contributed by atoms with Crippen molar-refractivity contribution in [2.75, 3.05) is 0 Å². The fourth-order valence-electron chi connectivity index (χ4n) is 2.06. The molecule has 0 atom stereocenters. The minimum atomic E-state index is -0.375. The zero-order chi connectivity index (χ0) is 9.10. The van der Waals surface area contributed by atoms with Gasteiger partial charge in [0.2, 0.25) is 5.95 Å². The Balaban J connectivity index is 2.10. The van der Waals surface area contributed by atoms with Crippen molar-refractivity contribution in [2.45, 2.75) is 38.0 Å². The molecule has 0 amide bonds. The van der Waals surface area contributed by atoms with Crippen molar-refractivity contribution in [1.82, 2.24) is 4.98 Å². The van der Waals surface area contributed by atoms with Gasteiger partial charge in [0.05, 0.1) is 0 Å². The molecular weight excluding hydrogens is 165 g/mol. The second-order valence-corrected chi connectivity index (χ2v) is 3.75. The maximum Gasteiger partial charge on any atom is 0.212 e. The molecule has 0 spiro atoms. The van der Waals surface area contributed by atoms with Crippen molar-refractivity contribution in [3.05, 3.63) is 29.8 Å². The molecule has 1 heterocycles. The zero-order valence-corrected chi connectivity index (χ0v) is 7.67. The van der Waals surface area contributed by atoms with Gasteiger partial charge in [-0.05, 0) is 30.4 Å². The summed E-state index contributed by atoms with van der Waals surface area (Å²) in [5, 5.41) is 0. The van der Waals surface area contributed by atoms with Crippen LogP contribution in [0.15, 0.2) is 18.3 Å². The van der Waals surface area contributed by atoms with Crippen molar-refractivity contribution < 1.29 is 4.39 Å². The number of aromatic nitrogens is 1. The molecule has 0 unspecified atom stereocenters. The highest BCUT2D eigenvalue weighted by atomic mass is 19.1. The lowest BCUT2D eigenvalue weighted by molar-refractivity contribution is 0.441. The predicted octanol–water partition coefficient (Wildman–Crippen LogP) is 3.27. The van der Waals surface area contributed by atoms with Crippen LogP contribution in [0.3, 0.4) is 0 Å². The lowest BCUT2D eigenvalue weighted by atomic mass is 9.85. The maximum atomic E-state index is 12.5. The van der Waals surface area contributed by atoms with Crippen LogP contribution in [0, 0.1) is 5.95 Å². The SMILES string of the molecule is Fc1ccc(C2CCCCC2)cn1. The standard InChI is InChI=1S/C11H14FN/c12-11-7-6-10(8-13-11)9-4-2-1-3-5-9/h6-9H,1-5H2. The van der Waals surface area contributed by atoms with Gasteiger partial charge in [-0.2, -0.15) is 4.39 Å². The summed E-state index contributed by atoms with van der Waals surface area (Å²) in [6, 6.07) is 3.34. The second kappa shape index (κ2) is 3.86. The van der Waals surface area contributed by atoms with Crippen LogP contribution < -0.4 is 0 Å². The van der Waals surface area contributed by atoms with Crippen molar-refractivity contribution in [1.29, 1.82) is 0 Å². The van der Waals surface area contributed by atoms with Gasteiger partial charge in [0.1, 0.15) is 0 Å². The highest BCUT2D eigenvalue weighted by molar-refractivity contribution is 5.15. The minimum absolute atomic E-state index is 0.375. The molecule has 1 aliphatic carbocycles. The van der Waals surface area contributed by atoms with E-state index in [0.717, 1.165) is 0 Å². The molecule has 0 saturated heterocycles. The van der Waals surface area contributed by atoms with E-state index >= 15 is 0 Å². The molecule has 0 radical (unpaired) electrons. The maximum absolute atomic E-state index is 12.5. The third kappa shape index (κ3) is 2.06. The van der Waals surface area contributed by atoms with Gasteiger partial charge in [-0.25, -0.2) is 4.98 Å². The molecule has 1 aromatic rings. The van der Waals surface area contributed by atoms with E-state index in [9.17, 15) is 4.39 Å². The van der Waals surface area contributed by atoms with Crippen molar-refractivity contribution >= 4 is 0 Å². The van der Waals surface area contributed by atoms with Crippen LogP contribution in [-0.4, -0.2) is 4.98 Å². The lowest BCUT2D eigenvalue weighted by Crippen LogP contribution is -2.04. The summed E-state index contributed by atoms with van der Waals surface area (Å²) in [6.07, 6.45) is 8.14. The smallest absolute Gasteiger partial charge is 0.212 e. The first-order chi connectivity index (χ1) is 6.36. The number of pyridine rings is 1. The monoisotopic (exact) mass is 179 g/mol. The third-order valence-corrected chi connectivity index (χ3v) is 2.83. The first-order valence-corrected chi connectivity index (χ1v) is 4.98. The van der Waals surface area contributed by atoms with Gasteiger partial charge in [0.15, 0.2) is 0 Å². The molecule has 0 N–H and O–H groups in total. The summed E-state index contributed by atoms with van der Waals surface area (Å²) in [6.45, 7) is 0. The Morgan fingerprint density at radius 2 is 1.92 bits per heavy atom. The quantitative estimate of drug-likeness (QED) is 0.603. The number of nitrogens with zero attached hydrogens (tertiary/aromatic N) is 1. The summed E-state index contributed by atoms with van der Waals surface area (Å²) in [4.78, 5) is 3.69. The highest BCUT2D eigenvalue weighted by Crippen LogP contribution is 2.31. The number of hydrogen-bond acceptors (Lipinski definition) is 1. The van der Waals surface area contributed by atoms with E-state index in [-0.39, 0.29) is 5.95 Å². The molecule has 1 aromatic heterocycles. The lowest BCUT2D eigenvalue weighted by Gasteiger charge is -2.21. The van der Waals surface area contributed by atoms with Gasteiger partial charge in [-0.1, -0.05) is 25.3 Å². The number of rotatable bonds is 1. The Hall–Kier alpha value is -0.920. The molecule has 0 aromatic carbocycles. The molecule has 13 heavy (non-hydrogen) atoms. The molecular formula is C11H14FN. The Labute approximate surface area is 78.0 Å². The highest BCUT2D eigenvalue weighted by Gasteiger charge is 2.15. The van der Waals surface area contributed by atoms with E-state index in [1.54, 1.807) is 6.20 Å². The Morgan fingerprint density at radius 3 is 2.54 bits per heavy atom. The molecule has 0 bridgehead atoms. The van der Waals surface area contributed by atoms with E-state index in [1.165, 1.54) is 43.7 Å². The van der Waals surface area contributed by atoms with Crippen molar-refractivity contribution in [3.8, 4) is 0 Å². The van der Waals surface area contributed by atoms with Crippen molar-refractivity contribution in [3.63, 3.8) is 0 Å². The molecule has 2 heteroatoms. The van der Waals surface area contributed by atoms with Crippen LogP contribution in [-0.2, 0) is 0 Å². The second-order valence-electron chi connectivity index (χ2n) is 3.75. The normalized spacial score (nSPS) is 18.8.